The van der Waals surface area contributed by atoms with Gasteiger partial charge < -0.3 is 14.8 Å². The summed E-state index contributed by atoms with van der Waals surface area (Å²) in [6, 6.07) is 5.49. The van der Waals surface area contributed by atoms with Crippen LogP contribution >= 0.6 is 23.4 Å². The van der Waals surface area contributed by atoms with Crippen molar-refractivity contribution >= 4 is 40.5 Å². The number of nitrogens with one attached hydrogen (secondary N) is 1. The average Bonchev–Trinajstić information content (AvgIpc) is 2.49. The first-order valence-electron chi connectivity index (χ1n) is 7.71. The lowest BCUT2D eigenvalue weighted by Gasteiger charge is -2.22. The van der Waals surface area contributed by atoms with Crippen LogP contribution < -0.4 is 5.32 Å². The third-order valence-electron chi connectivity index (χ3n) is 2.70. The Kier molecular flexibility index (Phi) is 8.25. The number of amides is 1. The minimum Gasteiger partial charge on any atom is -0.464 e. The molecule has 1 amide bonds. The average molecular weight is 388 g/mol. The highest BCUT2D eigenvalue weighted by Crippen LogP contribution is 2.18. The van der Waals surface area contributed by atoms with Crippen LogP contribution in [-0.4, -0.2) is 41.2 Å². The molecule has 0 aliphatic rings. The number of benzene rings is 1. The molecule has 1 rings (SSSR count). The van der Waals surface area contributed by atoms with Crippen molar-refractivity contribution in [1.29, 1.82) is 0 Å². The molecule has 0 aliphatic carbocycles. The summed E-state index contributed by atoms with van der Waals surface area (Å²) in [6.45, 7) is 6.96. The fourth-order valence-electron chi connectivity index (χ4n) is 1.72. The molecule has 0 fully saturated rings. The first kappa shape index (κ1) is 21.3. The van der Waals surface area contributed by atoms with E-state index in [0.717, 1.165) is 11.8 Å². The van der Waals surface area contributed by atoms with Crippen LogP contribution in [0.1, 0.15) is 38.1 Å². The quantitative estimate of drug-likeness (QED) is 0.750. The summed E-state index contributed by atoms with van der Waals surface area (Å²) < 4.78 is 10.1. The van der Waals surface area contributed by atoms with E-state index in [4.69, 9.17) is 21.1 Å². The minimum absolute atomic E-state index is 0.0173. The van der Waals surface area contributed by atoms with Gasteiger partial charge in [0, 0.05) is 16.3 Å². The number of hydrogen-bond acceptors (Lipinski definition) is 6. The second-order valence-corrected chi connectivity index (χ2v) is 7.49. The molecule has 138 valence electrons. The molecule has 1 N–H and O–H groups in total. The maximum atomic E-state index is 12.2. The summed E-state index contributed by atoms with van der Waals surface area (Å²) in [6.07, 6.45) is -0.749. The van der Waals surface area contributed by atoms with Crippen LogP contribution in [0.4, 0.5) is 4.79 Å². The molecular formula is C17H22ClNO5S. The van der Waals surface area contributed by atoms with Crippen molar-refractivity contribution < 1.29 is 23.9 Å². The van der Waals surface area contributed by atoms with Crippen LogP contribution in [0.25, 0.3) is 0 Å². The van der Waals surface area contributed by atoms with Gasteiger partial charge in [-0.3, -0.25) is 4.79 Å². The van der Waals surface area contributed by atoms with Crippen molar-refractivity contribution in [3.8, 4) is 0 Å². The van der Waals surface area contributed by atoms with E-state index in [1.165, 1.54) is 6.07 Å². The van der Waals surface area contributed by atoms with Crippen molar-refractivity contribution in [2.75, 3.05) is 12.4 Å². The highest BCUT2D eigenvalue weighted by Gasteiger charge is 2.26. The van der Waals surface area contributed by atoms with Crippen molar-refractivity contribution in [2.24, 2.45) is 0 Å². The number of thioether (sulfide) groups is 1. The molecule has 0 spiro atoms. The van der Waals surface area contributed by atoms with Crippen molar-refractivity contribution in [3.05, 3.63) is 34.9 Å². The summed E-state index contributed by atoms with van der Waals surface area (Å²) >= 11 is 6.76. The van der Waals surface area contributed by atoms with Gasteiger partial charge in [0.05, 0.1) is 6.61 Å². The van der Waals surface area contributed by atoms with Gasteiger partial charge in [0.25, 0.3) is 0 Å². The maximum absolute atomic E-state index is 12.2. The largest absolute Gasteiger partial charge is 0.464 e. The van der Waals surface area contributed by atoms with Gasteiger partial charge in [0.2, 0.25) is 5.12 Å². The maximum Gasteiger partial charge on any atom is 0.408 e. The molecule has 25 heavy (non-hydrogen) atoms. The molecular weight excluding hydrogens is 366 g/mol. The molecule has 0 unspecified atom stereocenters. The predicted molar refractivity (Wildman–Crippen MR) is 98.0 cm³/mol. The number of esters is 1. The Labute approximate surface area is 156 Å². The zero-order valence-electron chi connectivity index (χ0n) is 14.6. The Bertz CT molecular complexity index is 630. The normalized spacial score (nSPS) is 12.2. The third kappa shape index (κ3) is 8.27. The van der Waals surface area contributed by atoms with Crippen LogP contribution in [0.2, 0.25) is 5.02 Å². The van der Waals surface area contributed by atoms with Crippen molar-refractivity contribution in [1.82, 2.24) is 5.32 Å². The lowest BCUT2D eigenvalue weighted by atomic mass is 10.2. The molecule has 0 aliphatic heterocycles. The molecule has 0 aromatic heterocycles. The van der Waals surface area contributed by atoms with E-state index in [9.17, 15) is 14.4 Å². The topological polar surface area (TPSA) is 81.7 Å². The smallest absolute Gasteiger partial charge is 0.408 e. The SMILES string of the molecule is CCOC(=O)[C@H](CSC(=O)c1cccc(Cl)c1)NC(=O)OC(C)(C)C. The second-order valence-electron chi connectivity index (χ2n) is 6.06. The Morgan fingerprint density at radius 2 is 1.96 bits per heavy atom. The van der Waals surface area contributed by atoms with E-state index in [0.29, 0.717) is 10.6 Å². The van der Waals surface area contributed by atoms with E-state index in [1.54, 1.807) is 45.9 Å². The van der Waals surface area contributed by atoms with Crippen LogP contribution in [0.15, 0.2) is 24.3 Å². The molecule has 1 atom stereocenters. The molecule has 1 aromatic rings. The monoisotopic (exact) mass is 387 g/mol. The predicted octanol–water partition coefficient (Wildman–Crippen LogP) is 3.67. The van der Waals surface area contributed by atoms with Gasteiger partial charge in [-0.2, -0.15) is 0 Å². The number of alkyl carbamates (subject to hydrolysis) is 1. The van der Waals surface area contributed by atoms with Gasteiger partial charge in [0.1, 0.15) is 11.6 Å². The number of halogens is 1. The number of ether oxygens (including phenoxy) is 2. The summed E-state index contributed by atoms with van der Waals surface area (Å²) in [4.78, 5) is 36.1. The highest BCUT2D eigenvalue weighted by molar-refractivity contribution is 8.14. The van der Waals surface area contributed by atoms with Gasteiger partial charge >= 0.3 is 12.1 Å². The Balaban J connectivity index is 2.72. The first-order valence-corrected chi connectivity index (χ1v) is 9.07. The van der Waals surface area contributed by atoms with E-state index in [1.807, 2.05) is 0 Å². The number of rotatable bonds is 6. The van der Waals surface area contributed by atoms with Gasteiger partial charge in [-0.15, -0.1) is 0 Å². The molecule has 1 aromatic carbocycles. The molecule has 0 saturated carbocycles. The Hall–Kier alpha value is -1.73. The lowest BCUT2D eigenvalue weighted by molar-refractivity contribution is -0.144. The summed E-state index contributed by atoms with van der Waals surface area (Å²) in [7, 11) is 0. The van der Waals surface area contributed by atoms with Crippen molar-refractivity contribution in [2.45, 2.75) is 39.3 Å². The van der Waals surface area contributed by atoms with E-state index >= 15 is 0 Å². The number of hydrogen-bond donors (Lipinski definition) is 1. The fourth-order valence-corrected chi connectivity index (χ4v) is 2.74. The van der Waals surface area contributed by atoms with E-state index < -0.39 is 23.7 Å². The van der Waals surface area contributed by atoms with E-state index in [-0.39, 0.29) is 17.5 Å². The molecule has 0 radical (unpaired) electrons. The minimum atomic E-state index is -0.997. The lowest BCUT2D eigenvalue weighted by Crippen LogP contribution is -2.46. The van der Waals surface area contributed by atoms with Gasteiger partial charge in [-0.25, -0.2) is 9.59 Å². The first-order chi connectivity index (χ1) is 11.6. The molecule has 0 saturated heterocycles. The molecule has 0 bridgehead atoms. The number of carbonyl (C=O) groups excluding carboxylic acids is 3. The van der Waals surface area contributed by atoms with Crippen LogP contribution in [0.5, 0.6) is 0 Å². The number of carbonyl (C=O) groups is 3. The second kappa shape index (κ2) is 9.68. The zero-order valence-corrected chi connectivity index (χ0v) is 16.2. The van der Waals surface area contributed by atoms with Gasteiger partial charge in [-0.1, -0.05) is 35.5 Å². The Morgan fingerprint density at radius 3 is 2.52 bits per heavy atom. The van der Waals surface area contributed by atoms with Crippen LogP contribution in [0.3, 0.4) is 0 Å². The Morgan fingerprint density at radius 1 is 1.28 bits per heavy atom. The third-order valence-corrected chi connectivity index (χ3v) is 3.94. The zero-order chi connectivity index (χ0) is 19.0. The van der Waals surface area contributed by atoms with E-state index in [2.05, 4.69) is 5.32 Å². The molecule has 0 heterocycles. The standard InChI is InChI=1S/C17H22ClNO5S/c1-5-23-14(20)13(19-16(22)24-17(2,3)4)10-25-15(21)11-7-6-8-12(18)9-11/h6-9,13H,5,10H2,1-4H3,(H,19,22)/t13-/m0/s1. The summed E-state index contributed by atoms with van der Waals surface area (Å²) in [5, 5.41) is 2.62. The fraction of sp³-hybridized carbons (Fsp3) is 0.471. The van der Waals surface area contributed by atoms with Gasteiger partial charge in [0.15, 0.2) is 0 Å². The van der Waals surface area contributed by atoms with Crippen LogP contribution in [0, 0.1) is 0 Å². The van der Waals surface area contributed by atoms with Gasteiger partial charge in [-0.05, 0) is 39.8 Å². The molecule has 8 heteroatoms. The van der Waals surface area contributed by atoms with Crippen LogP contribution in [-0.2, 0) is 14.3 Å². The molecule has 6 nitrogen and oxygen atoms in total. The summed E-state index contributed by atoms with van der Waals surface area (Å²) in [5.74, 6) is -0.608. The van der Waals surface area contributed by atoms with Crippen molar-refractivity contribution in [3.63, 3.8) is 0 Å². The highest BCUT2D eigenvalue weighted by atomic mass is 35.5. The summed E-state index contributed by atoms with van der Waals surface area (Å²) in [5.41, 5.74) is -0.287.